The summed E-state index contributed by atoms with van der Waals surface area (Å²) < 4.78 is 0. The van der Waals surface area contributed by atoms with Gasteiger partial charge < -0.3 is 10.8 Å². The smallest absolute Gasteiger partial charge is 0.320 e. The minimum Gasteiger partial charge on any atom is -0.480 e. The first-order valence-electron chi connectivity index (χ1n) is 5.55. The Hall–Kier alpha value is -0.610. The van der Waals surface area contributed by atoms with Gasteiger partial charge in [-0.05, 0) is 39.3 Å². The van der Waals surface area contributed by atoms with Gasteiger partial charge in [0.25, 0.3) is 0 Å². The van der Waals surface area contributed by atoms with E-state index in [4.69, 9.17) is 10.8 Å². The van der Waals surface area contributed by atoms with E-state index in [0.29, 0.717) is 18.9 Å². The fourth-order valence-corrected chi connectivity index (χ4v) is 1.81. The molecule has 0 aromatic rings. The van der Waals surface area contributed by atoms with Crippen LogP contribution in [0.4, 0.5) is 0 Å². The topological polar surface area (TPSA) is 66.6 Å². The normalized spacial score (nSPS) is 15.7. The summed E-state index contributed by atoms with van der Waals surface area (Å²) in [7, 11) is 1.86. The highest BCUT2D eigenvalue weighted by Gasteiger charge is 2.25. The average Bonchev–Trinajstić information content (AvgIpc) is 2.11. The second kappa shape index (κ2) is 6.80. The second-order valence-electron chi connectivity index (χ2n) is 4.58. The molecule has 0 radical (unpaired) electrons. The molecule has 0 amide bonds. The van der Waals surface area contributed by atoms with Gasteiger partial charge in [0, 0.05) is 6.04 Å². The minimum atomic E-state index is -0.779. The SMILES string of the molecule is CC(C)CC(C)N(C)C(CCN)C(=O)O. The summed E-state index contributed by atoms with van der Waals surface area (Å²) in [6.45, 7) is 6.76. The van der Waals surface area contributed by atoms with E-state index in [1.165, 1.54) is 0 Å². The third kappa shape index (κ3) is 5.14. The third-order valence-corrected chi connectivity index (χ3v) is 2.72. The lowest BCUT2D eigenvalue weighted by Crippen LogP contribution is -2.45. The van der Waals surface area contributed by atoms with Crippen LogP contribution in [0.25, 0.3) is 0 Å². The van der Waals surface area contributed by atoms with Gasteiger partial charge in [0.2, 0.25) is 0 Å². The molecule has 2 atom stereocenters. The molecule has 0 aromatic carbocycles. The third-order valence-electron chi connectivity index (χ3n) is 2.72. The molecule has 0 heterocycles. The molecule has 90 valence electrons. The molecule has 0 aromatic heterocycles. The van der Waals surface area contributed by atoms with Crippen molar-refractivity contribution in [2.45, 2.75) is 45.7 Å². The molecule has 0 fully saturated rings. The molecule has 3 N–H and O–H groups in total. The van der Waals surface area contributed by atoms with Crippen LogP contribution in [-0.4, -0.2) is 41.7 Å². The lowest BCUT2D eigenvalue weighted by molar-refractivity contribution is -0.143. The number of hydrogen-bond donors (Lipinski definition) is 2. The van der Waals surface area contributed by atoms with Gasteiger partial charge in [-0.2, -0.15) is 0 Å². The number of carboxylic acids is 1. The largest absolute Gasteiger partial charge is 0.480 e. The van der Waals surface area contributed by atoms with Gasteiger partial charge in [0.15, 0.2) is 0 Å². The number of nitrogens with two attached hydrogens (primary N) is 1. The quantitative estimate of drug-likeness (QED) is 0.670. The van der Waals surface area contributed by atoms with Crippen molar-refractivity contribution in [1.29, 1.82) is 0 Å². The first-order valence-corrected chi connectivity index (χ1v) is 5.55. The lowest BCUT2D eigenvalue weighted by atomic mass is 10.0. The van der Waals surface area contributed by atoms with Crippen molar-refractivity contribution in [2.24, 2.45) is 11.7 Å². The molecule has 0 rings (SSSR count). The molecule has 2 unspecified atom stereocenters. The highest BCUT2D eigenvalue weighted by Crippen LogP contribution is 2.13. The van der Waals surface area contributed by atoms with Gasteiger partial charge in [-0.15, -0.1) is 0 Å². The lowest BCUT2D eigenvalue weighted by Gasteiger charge is -2.31. The van der Waals surface area contributed by atoms with Crippen LogP contribution >= 0.6 is 0 Å². The van der Waals surface area contributed by atoms with Gasteiger partial charge >= 0.3 is 5.97 Å². The van der Waals surface area contributed by atoms with E-state index in [2.05, 4.69) is 20.8 Å². The van der Waals surface area contributed by atoms with Crippen molar-refractivity contribution in [3.05, 3.63) is 0 Å². The molecule has 0 aliphatic rings. The highest BCUT2D eigenvalue weighted by molar-refractivity contribution is 5.73. The van der Waals surface area contributed by atoms with E-state index in [9.17, 15) is 4.79 Å². The van der Waals surface area contributed by atoms with Gasteiger partial charge in [-0.1, -0.05) is 13.8 Å². The molecule has 0 spiro atoms. The van der Waals surface area contributed by atoms with Crippen LogP contribution in [-0.2, 0) is 4.79 Å². The number of carbonyl (C=O) groups is 1. The second-order valence-corrected chi connectivity index (χ2v) is 4.58. The van der Waals surface area contributed by atoms with Crippen molar-refractivity contribution in [3.8, 4) is 0 Å². The highest BCUT2D eigenvalue weighted by atomic mass is 16.4. The van der Waals surface area contributed by atoms with E-state index >= 15 is 0 Å². The van der Waals surface area contributed by atoms with Gasteiger partial charge in [-0.3, -0.25) is 9.69 Å². The summed E-state index contributed by atoms with van der Waals surface area (Å²) in [5, 5.41) is 9.06. The fourth-order valence-electron chi connectivity index (χ4n) is 1.81. The number of carboxylic acid groups (broad SMARTS) is 1. The number of aliphatic carboxylic acids is 1. The van der Waals surface area contributed by atoms with E-state index in [-0.39, 0.29) is 6.04 Å². The zero-order valence-electron chi connectivity index (χ0n) is 10.2. The first kappa shape index (κ1) is 14.4. The van der Waals surface area contributed by atoms with Crippen molar-refractivity contribution in [2.75, 3.05) is 13.6 Å². The van der Waals surface area contributed by atoms with Crippen LogP contribution in [0, 0.1) is 5.92 Å². The molecule has 0 aliphatic heterocycles. The van der Waals surface area contributed by atoms with Crippen LogP contribution in [0.1, 0.15) is 33.6 Å². The maximum atomic E-state index is 11.0. The predicted octanol–water partition coefficient (Wildman–Crippen LogP) is 1.15. The van der Waals surface area contributed by atoms with Crippen molar-refractivity contribution >= 4 is 5.97 Å². The molecule has 4 heteroatoms. The van der Waals surface area contributed by atoms with Gasteiger partial charge in [0.05, 0.1) is 0 Å². The van der Waals surface area contributed by atoms with Crippen LogP contribution in [0.15, 0.2) is 0 Å². The van der Waals surface area contributed by atoms with Crippen LogP contribution in [0.3, 0.4) is 0 Å². The van der Waals surface area contributed by atoms with Crippen molar-refractivity contribution in [3.63, 3.8) is 0 Å². The van der Waals surface area contributed by atoms with Crippen molar-refractivity contribution in [1.82, 2.24) is 4.90 Å². The maximum Gasteiger partial charge on any atom is 0.320 e. The fraction of sp³-hybridized carbons (Fsp3) is 0.909. The predicted molar refractivity (Wildman–Crippen MR) is 61.8 cm³/mol. The minimum absolute atomic E-state index is 0.276. The first-order chi connectivity index (χ1) is 6.90. The Morgan fingerprint density at radius 2 is 1.93 bits per heavy atom. The Kier molecular flexibility index (Phi) is 6.52. The van der Waals surface area contributed by atoms with E-state index < -0.39 is 12.0 Å². The summed E-state index contributed by atoms with van der Waals surface area (Å²) in [5.74, 6) is -0.201. The Labute approximate surface area is 92.4 Å². The number of nitrogens with zero attached hydrogens (tertiary/aromatic N) is 1. The Morgan fingerprint density at radius 3 is 2.27 bits per heavy atom. The standard InChI is InChI=1S/C11H24N2O2/c1-8(2)7-9(3)13(4)10(5-6-12)11(14)15/h8-10H,5-7,12H2,1-4H3,(H,14,15). The molecule has 4 nitrogen and oxygen atoms in total. The zero-order chi connectivity index (χ0) is 12.0. The monoisotopic (exact) mass is 216 g/mol. The van der Waals surface area contributed by atoms with Crippen LogP contribution in [0.2, 0.25) is 0 Å². The number of hydrogen-bond acceptors (Lipinski definition) is 3. The summed E-state index contributed by atoms with van der Waals surface area (Å²) in [6, 6.07) is -0.179. The van der Waals surface area contributed by atoms with Gasteiger partial charge in [-0.25, -0.2) is 0 Å². The van der Waals surface area contributed by atoms with E-state index in [1.54, 1.807) is 0 Å². The van der Waals surface area contributed by atoms with Gasteiger partial charge in [0.1, 0.15) is 6.04 Å². The average molecular weight is 216 g/mol. The Morgan fingerprint density at radius 1 is 1.40 bits per heavy atom. The van der Waals surface area contributed by atoms with Crippen LogP contribution in [0.5, 0.6) is 0 Å². The van der Waals surface area contributed by atoms with Crippen LogP contribution < -0.4 is 5.73 Å². The maximum absolute atomic E-state index is 11.0. The molecular formula is C11H24N2O2. The summed E-state index contributed by atoms with van der Waals surface area (Å²) in [4.78, 5) is 12.9. The van der Waals surface area contributed by atoms with E-state index in [1.807, 2.05) is 11.9 Å². The number of rotatable bonds is 7. The summed E-state index contributed by atoms with van der Waals surface area (Å²) in [5.41, 5.74) is 5.42. The van der Waals surface area contributed by atoms with E-state index in [0.717, 1.165) is 6.42 Å². The molecule has 0 saturated carbocycles. The van der Waals surface area contributed by atoms with Crippen molar-refractivity contribution < 1.29 is 9.90 Å². The summed E-state index contributed by atoms with van der Waals surface area (Å²) in [6.07, 6.45) is 1.51. The Balaban J connectivity index is 4.34. The Bertz CT molecular complexity index is 195. The summed E-state index contributed by atoms with van der Waals surface area (Å²) >= 11 is 0. The molecule has 0 bridgehead atoms. The number of likely N-dealkylation sites (N-methyl/N-ethyl adjacent to an activating group) is 1. The molecule has 0 saturated heterocycles. The molecular weight excluding hydrogens is 192 g/mol. The zero-order valence-corrected chi connectivity index (χ0v) is 10.2. The molecule has 0 aliphatic carbocycles. The molecule has 15 heavy (non-hydrogen) atoms.